The quantitative estimate of drug-likeness (QED) is 0.932. The van der Waals surface area contributed by atoms with Gasteiger partial charge in [0.15, 0.2) is 0 Å². The van der Waals surface area contributed by atoms with E-state index in [1.54, 1.807) is 30.7 Å². The summed E-state index contributed by atoms with van der Waals surface area (Å²) in [6.45, 7) is 3.48. The first-order chi connectivity index (χ1) is 11.2. The average Bonchev–Trinajstić information content (AvgIpc) is 3.01. The third kappa shape index (κ3) is 3.61. The van der Waals surface area contributed by atoms with Gasteiger partial charge in [-0.05, 0) is 30.7 Å². The second-order valence-corrected chi connectivity index (χ2v) is 6.35. The summed E-state index contributed by atoms with van der Waals surface area (Å²) in [6.07, 6.45) is 3.44. The molecule has 1 fully saturated rings. The zero-order chi connectivity index (χ0) is 16.2. The minimum absolute atomic E-state index is 0.139. The molecule has 0 bridgehead atoms. The van der Waals surface area contributed by atoms with E-state index in [4.69, 9.17) is 4.74 Å². The zero-order valence-electron chi connectivity index (χ0n) is 13.3. The predicted octanol–water partition coefficient (Wildman–Crippen LogP) is 2.57. The van der Waals surface area contributed by atoms with E-state index in [0.29, 0.717) is 11.8 Å². The molecule has 0 aromatic carbocycles. The van der Waals surface area contributed by atoms with Crippen LogP contribution < -0.4 is 10.1 Å². The topological polar surface area (TPSA) is 67.3 Å². The number of amides is 1. The van der Waals surface area contributed by atoms with Gasteiger partial charge in [0.1, 0.15) is 0 Å². The van der Waals surface area contributed by atoms with E-state index in [0.717, 1.165) is 37.1 Å². The maximum atomic E-state index is 12.5. The lowest BCUT2D eigenvalue weighted by Crippen LogP contribution is -2.42. The van der Waals surface area contributed by atoms with Gasteiger partial charge in [-0.3, -0.25) is 4.79 Å². The first-order valence-corrected chi connectivity index (χ1v) is 8.57. The Morgan fingerprint density at radius 2 is 2.17 bits per heavy atom. The van der Waals surface area contributed by atoms with Gasteiger partial charge in [-0.2, -0.15) is 16.3 Å². The average molecular weight is 332 g/mol. The minimum atomic E-state index is 0.139. The summed E-state index contributed by atoms with van der Waals surface area (Å²) in [5.74, 6) is 1.26. The van der Waals surface area contributed by atoms with Crippen LogP contribution >= 0.6 is 11.3 Å². The Bertz CT molecular complexity index is 680. The lowest BCUT2D eigenvalue weighted by Gasteiger charge is -2.32. The van der Waals surface area contributed by atoms with Crippen LogP contribution in [0.5, 0.6) is 5.88 Å². The highest BCUT2D eigenvalue weighted by Crippen LogP contribution is 2.20. The van der Waals surface area contributed by atoms with Crippen LogP contribution in [0, 0.1) is 6.92 Å². The maximum absolute atomic E-state index is 12.5. The lowest BCUT2D eigenvalue weighted by atomic mass is 10.0. The number of carbonyl (C=O) groups is 1. The molecule has 1 aliphatic rings. The fourth-order valence-electron chi connectivity index (χ4n) is 2.68. The molecule has 0 spiro atoms. The highest BCUT2D eigenvalue weighted by molar-refractivity contribution is 7.08. The highest BCUT2D eigenvalue weighted by Gasteiger charge is 2.25. The summed E-state index contributed by atoms with van der Waals surface area (Å²) in [7, 11) is 1.59. The van der Waals surface area contributed by atoms with Gasteiger partial charge in [0.2, 0.25) is 11.8 Å². The number of methoxy groups -OCH3 is 1. The van der Waals surface area contributed by atoms with E-state index >= 15 is 0 Å². The lowest BCUT2D eigenvalue weighted by molar-refractivity contribution is 0.0718. The number of ether oxygens (including phenoxy) is 1. The number of nitrogens with one attached hydrogen (secondary N) is 1. The number of aromatic nitrogens is 2. The molecular formula is C16H20N4O2S. The second kappa shape index (κ2) is 6.95. The number of carbonyl (C=O) groups excluding carboxylic acids is 1. The van der Waals surface area contributed by atoms with Gasteiger partial charge in [-0.15, -0.1) is 0 Å². The van der Waals surface area contributed by atoms with E-state index in [1.165, 1.54) is 0 Å². The number of rotatable bonds is 4. The first-order valence-electron chi connectivity index (χ1n) is 7.63. The number of hydrogen-bond donors (Lipinski definition) is 1. The van der Waals surface area contributed by atoms with Crippen LogP contribution in [-0.4, -0.2) is 47.0 Å². The molecule has 7 heteroatoms. The van der Waals surface area contributed by atoms with Crippen LogP contribution in [-0.2, 0) is 0 Å². The Balaban J connectivity index is 1.56. The Hall–Kier alpha value is -2.15. The smallest absolute Gasteiger partial charge is 0.254 e. The molecule has 1 amide bonds. The summed E-state index contributed by atoms with van der Waals surface area (Å²) >= 11 is 1.58. The summed E-state index contributed by atoms with van der Waals surface area (Å²) in [5.41, 5.74) is 1.89. The van der Waals surface area contributed by atoms with Crippen LogP contribution in [0.15, 0.2) is 23.0 Å². The third-order valence-corrected chi connectivity index (χ3v) is 4.90. The van der Waals surface area contributed by atoms with Crippen LogP contribution in [0.3, 0.4) is 0 Å². The van der Waals surface area contributed by atoms with Crippen molar-refractivity contribution in [1.82, 2.24) is 14.9 Å². The zero-order valence-corrected chi connectivity index (χ0v) is 14.1. The summed E-state index contributed by atoms with van der Waals surface area (Å²) in [6, 6.07) is 1.99. The van der Waals surface area contributed by atoms with E-state index < -0.39 is 0 Å². The maximum Gasteiger partial charge on any atom is 0.254 e. The fourth-order valence-corrected chi connectivity index (χ4v) is 3.51. The van der Waals surface area contributed by atoms with E-state index in [9.17, 15) is 4.79 Å². The van der Waals surface area contributed by atoms with Gasteiger partial charge in [0.25, 0.3) is 5.91 Å². The summed E-state index contributed by atoms with van der Waals surface area (Å²) in [4.78, 5) is 22.9. The van der Waals surface area contributed by atoms with Crippen molar-refractivity contribution >= 4 is 23.2 Å². The molecule has 0 unspecified atom stereocenters. The minimum Gasteiger partial charge on any atom is -0.481 e. The molecule has 0 aliphatic carbocycles. The van der Waals surface area contributed by atoms with Crippen molar-refractivity contribution in [2.24, 2.45) is 0 Å². The molecule has 6 nitrogen and oxygen atoms in total. The largest absolute Gasteiger partial charge is 0.481 e. The Morgan fingerprint density at radius 3 is 2.83 bits per heavy atom. The van der Waals surface area contributed by atoms with E-state index in [1.807, 2.05) is 22.6 Å². The fraction of sp³-hybridized carbons (Fsp3) is 0.438. The molecule has 0 radical (unpaired) electrons. The number of nitrogens with zero attached hydrogens (tertiary/aromatic N) is 3. The molecule has 2 aromatic heterocycles. The molecule has 0 saturated carbocycles. The number of anilines is 1. The van der Waals surface area contributed by atoms with Crippen LogP contribution in [0.1, 0.15) is 28.8 Å². The monoisotopic (exact) mass is 332 g/mol. The van der Waals surface area contributed by atoms with Crippen molar-refractivity contribution in [3.8, 4) is 5.88 Å². The molecule has 122 valence electrons. The third-order valence-electron chi connectivity index (χ3n) is 4.04. The van der Waals surface area contributed by atoms with E-state index in [-0.39, 0.29) is 11.9 Å². The number of thiophene rings is 1. The van der Waals surface area contributed by atoms with Gasteiger partial charge in [-0.25, -0.2) is 4.98 Å². The van der Waals surface area contributed by atoms with Gasteiger partial charge in [0.05, 0.1) is 12.7 Å². The molecule has 23 heavy (non-hydrogen) atoms. The van der Waals surface area contributed by atoms with Crippen LogP contribution in [0.4, 0.5) is 5.95 Å². The number of piperidine rings is 1. The van der Waals surface area contributed by atoms with Crippen molar-refractivity contribution in [2.75, 3.05) is 25.5 Å². The summed E-state index contributed by atoms with van der Waals surface area (Å²) < 4.78 is 5.10. The first kappa shape index (κ1) is 15.7. The van der Waals surface area contributed by atoms with Crippen LogP contribution in [0.25, 0.3) is 0 Å². The van der Waals surface area contributed by atoms with Crippen molar-refractivity contribution in [3.63, 3.8) is 0 Å². The highest BCUT2D eigenvalue weighted by atomic mass is 32.1. The Labute approximate surface area is 139 Å². The van der Waals surface area contributed by atoms with Gasteiger partial charge in [-0.1, -0.05) is 0 Å². The predicted molar refractivity (Wildman–Crippen MR) is 90.2 cm³/mol. The van der Waals surface area contributed by atoms with Crippen molar-refractivity contribution < 1.29 is 9.53 Å². The number of aryl methyl sites for hydroxylation is 1. The second-order valence-electron chi connectivity index (χ2n) is 5.60. The Morgan fingerprint density at radius 1 is 1.39 bits per heavy atom. The number of likely N-dealkylation sites (tertiary alicyclic amines) is 1. The molecule has 0 atom stereocenters. The molecule has 1 saturated heterocycles. The van der Waals surface area contributed by atoms with Crippen molar-refractivity contribution in [2.45, 2.75) is 25.8 Å². The van der Waals surface area contributed by atoms with Crippen molar-refractivity contribution in [3.05, 3.63) is 34.2 Å². The van der Waals surface area contributed by atoms with Crippen molar-refractivity contribution in [1.29, 1.82) is 0 Å². The molecule has 3 heterocycles. The SMILES string of the molecule is COc1ccnc(NC2CCN(C(=O)c3cscc3C)CC2)n1. The molecular weight excluding hydrogens is 312 g/mol. The van der Waals surface area contributed by atoms with Gasteiger partial charge in [0, 0.05) is 36.8 Å². The van der Waals surface area contributed by atoms with Gasteiger partial charge >= 0.3 is 0 Å². The van der Waals surface area contributed by atoms with E-state index in [2.05, 4.69) is 15.3 Å². The molecule has 2 aromatic rings. The Kier molecular flexibility index (Phi) is 4.76. The summed E-state index contributed by atoms with van der Waals surface area (Å²) in [5, 5.41) is 7.28. The normalized spacial score (nSPS) is 15.5. The number of hydrogen-bond acceptors (Lipinski definition) is 6. The van der Waals surface area contributed by atoms with Crippen LogP contribution in [0.2, 0.25) is 0 Å². The molecule has 1 aliphatic heterocycles. The molecule has 3 rings (SSSR count). The van der Waals surface area contributed by atoms with Gasteiger partial charge < -0.3 is 15.0 Å². The standard InChI is InChI=1S/C16H20N4O2S/c1-11-9-23-10-13(11)15(21)20-7-4-12(5-8-20)18-16-17-6-3-14(19-16)22-2/h3,6,9-10,12H,4-5,7-8H2,1-2H3,(H,17,18,19). The molecule has 1 N–H and O–H groups in total.